The quantitative estimate of drug-likeness (QED) is 0.281. The lowest BCUT2D eigenvalue weighted by atomic mass is 10.0. The smallest absolute Gasteiger partial charge is 0.321 e. The first-order valence-electron chi connectivity index (χ1n) is 13.3. The molecule has 0 aliphatic carbocycles. The number of para-hydroxylation sites is 1. The lowest BCUT2D eigenvalue weighted by molar-refractivity contribution is 0.164. The molecule has 10 nitrogen and oxygen atoms in total. The van der Waals surface area contributed by atoms with Gasteiger partial charge in [0.25, 0.3) is 0 Å². The first kappa shape index (κ1) is 24.9. The maximum Gasteiger partial charge on any atom is 0.321 e. The van der Waals surface area contributed by atoms with Gasteiger partial charge < -0.3 is 20.1 Å². The molecule has 1 aliphatic heterocycles. The molecule has 3 N–H and O–H groups in total. The number of hydrogen-bond donors (Lipinski definition) is 3. The molecule has 0 radical (unpaired) electrons. The third-order valence-corrected chi connectivity index (χ3v) is 7.43. The number of anilines is 1. The van der Waals surface area contributed by atoms with Crippen LogP contribution in [0.1, 0.15) is 0 Å². The van der Waals surface area contributed by atoms with E-state index in [1.807, 2.05) is 35.2 Å². The summed E-state index contributed by atoms with van der Waals surface area (Å²) in [7, 11) is 2.05. The standard InChI is InChI=1S/C30H26FN9O/c1-39-9-11-40(12-10-39)30(41)34-20-13-18(15-32-17-20)19-14-23-27(37-38-28(23)33-16-19)29-35-25-8-4-6-22(26(25)36-29)21-5-2-3-7-24(21)31/h2-8,13-17H,9-12H2,1H3,(H,34,41)(H,35,36)(H,33,37,38). The molecule has 6 aromatic rings. The van der Waals surface area contributed by atoms with Crippen LogP contribution < -0.4 is 5.32 Å². The van der Waals surface area contributed by atoms with E-state index in [1.165, 1.54) is 6.07 Å². The van der Waals surface area contributed by atoms with Crippen molar-refractivity contribution in [1.29, 1.82) is 0 Å². The highest BCUT2D eigenvalue weighted by molar-refractivity contribution is 5.97. The monoisotopic (exact) mass is 547 g/mol. The molecular formula is C30H26FN9O. The van der Waals surface area contributed by atoms with Crippen molar-refractivity contribution in [3.05, 3.63) is 79.0 Å². The van der Waals surface area contributed by atoms with Crippen molar-refractivity contribution in [3.63, 3.8) is 0 Å². The number of imidazole rings is 1. The molecule has 1 aliphatic rings. The highest BCUT2D eigenvalue weighted by Crippen LogP contribution is 2.33. The maximum atomic E-state index is 14.6. The summed E-state index contributed by atoms with van der Waals surface area (Å²) in [5, 5.41) is 11.2. The average Bonchev–Trinajstić information content (AvgIpc) is 3.62. The second-order valence-corrected chi connectivity index (χ2v) is 10.1. The van der Waals surface area contributed by atoms with E-state index in [0.717, 1.165) is 35.1 Å². The van der Waals surface area contributed by atoms with Gasteiger partial charge in [-0.1, -0.05) is 30.3 Å². The first-order chi connectivity index (χ1) is 20.0. The van der Waals surface area contributed by atoms with Crippen LogP contribution in [0, 0.1) is 5.82 Å². The summed E-state index contributed by atoms with van der Waals surface area (Å²) in [4.78, 5) is 33.9. The van der Waals surface area contributed by atoms with Gasteiger partial charge in [-0.05, 0) is 31.3 Å². The number of benzene rings is 2. The zero-order valence-corrected chi connectivity index (χ0v) is 22.2. The van der Waals surface area contributed by atoms with Crippen LogP contribution in [-0.2, 0) is 0 Å². The van der Waals surface area contributed by atoms with Crippen LogP contribution in [0.15, 0.2) is 73.2 Å². The van der Waals surface area contributed by atoms with Crippen molar-refractivity contribution >= 4 is 33.8 Å². The van der Waals surface area contributed by atoms with Gasteiger partial charge in [-0.15, -0.1) is 0 Å². The lowest BCUT2D eigenvalue weighted by Gasteiger charge is -2.32. The van der Waals surface area contributed by atoms with Crippen LogP contribution in [0.4, 0.5) is 14.9 Å². The number of pyridine rings is 2. The highest BCUT2D eigenvalue weighted by Gasteiger charge is 2.20. The third-order valence-electron chi connectivity index (χ3n) is 7.43. The fourth-order valence-electron chi connectivity index (χ4n) is 5.16. The second-order valence-electron chi connectivity index (χ2n) is 10.1. The summed E-state index contributed by atoms with van der Waals surface area (Å²) in [5.74, 6) is 0.236. The van der Waals surface area contributed by atoms with E-state index >= 15 is 0 Å². The number of hydrogen-bond acceptors (Lipinski definition) is 6. The van der Waals surface area contributed by atoms with Gasteiger partial charge in [0.1, 0.15) is 11.5 Å². The van der Waals surface area contributed by atoms with Crippen molar-refractivity contribution in [1.82, 2.24) is 39.9 Å². The Hall–Kier alpha value is -5.16. The van der Waals surface area contributed by atoms with E-state index in [-0.39, 0.29) is 11.8 Å². The second kappa shape index (κ2) is 10.1. The Morgan fingerprint density at radius 2 is 1.76 bits per heavy atom. The number of amides is 2. The molecule has 41 heavy (non-hydrogen) atoms. The molecule has 0 atom stereocenters. The maximum absolute atomic E-state index is 14.6. The van der Waals surface area contributed by atoms with Gasteiger partial charge in [0, 0.05) is 60.8 Å². The number of halogens is 1. The molecule has 1 fully saturated rings. The minimum atomic E-state index is -0.306. The van der Waals surface area contributed by atoms with E-state index in [1.54, 1.807) is 36.8 Å². The van der Waals surface area contributed by atoms with Gasteiger partial charge in [0.15, 0.2) is 11.5 Å². The zero-order valence-electron chi connectivity index (χ0n) is 22.2. The number of carbonyl (C=O) groups excluding carboxylic acids is 1. The van der Waals surface area contributed by atoms with Gasteiger partial charge in [-0.3, -0.25) is 10.1 Å². The van der Waals surface area contributed by atoms with Gasteiger partial charge >= 0.3 is 6.03 Å². The van der Waals surface area contributed by atoms with Crippen LogP contribution in [-0.4, -0.2) is 79.2 Å². The molecule has 11 heteroatoms. The minimum absolute atomic E-state index is 0.137. The fourth-order valence-corrected chi connectivity index (χ4v) is 5.16. The highest BCUT2D eigenvalue weighted by atomic mass is 19.1. The summed E-state index contributed by atoms with van der Waals surface area (Å²) in [5.41, 5.74) is 6.03. The van der Waals surface area contributed by atoms with Crippen LogP contribution in [0.25, 0.3) is 55.8 Å². The zero-order chi connectivity index (χ0) is 27.9. The molecule has 204 valence electrons. The van der Waals surface area contributed by atoms with Gasteiger partial charge in [-0.2, -0.15) is 5.10 Å². The number of H-pyrrole nitrogens is 2. The van der Waals surface area contributed by atoms with Gasteiger partial charge in [0.05, 0.1) is 28.3 Å². The molecule has 5 heterocycles. The Balaban J connectivity index is 1.21. The normalized spacial score (nSPS) is 14.1. The summed E-state index contributed by atoms with van der Waals surface area (Å²) < 4.78 is 14.6. The van der Waals surface area contributed by atoms with E-state index in [9.17, 15) is 9.18 Å². The van der Waals surface area contributed by atoms with Crippen molar-refractivity contribution < 1.29 is 9.18 Å². The Morgan fingerprint density at radius 3 is 2.61 bits per heavy atom. The third kappa shape index (κ3) is 4.66. The molecule has 7 rings (SSSR count). The first-order valence-corrected chi connectivity index (χ1v) is 13.3. The number of carbonyl (C=O) groups is 1. The van der Waals surface area contributed by atoms with Crippen LogP contribution in [0.2, 0.25) is 0 Å². The van der Waals surface area contributed by atoms with Gasteiger partial charge in [-0.25, -0.2) is 19.2 Å². The predicted octanol–water partition coefficient (Wildman–Crippen LogP) is 5.15. The number of rotatable bonds is 4. The van der Waals surface area contributed by atoms with E-state index < -0.39 is 0 Å². The van der Waals surface area contributed by atoms with Crippen molar-refractivity contribution in [2.24, 2.45) is 0 Å². The number of urea groups is 1. The van der Waals surface area contributed by atoms with Crippen LogP contribution in [0.5, 0.6) is 0 Å². The SMILES string of the molecule is CN1CCN(C(=O)Nc2cncc(-c3cnc4[nH]nc(-c5nc6c(-c7ccccc7F)cccc6[nH]5)c4c3)c2)CC1. The van der Waals surface area contributed by atoms with Crippen LogP contribution >= 0.6 is 0 Å². The molecule has 2 amide bonds. The fraction of sp³-hybridized carbons (Fsp3) is 0.167. The van der Waals surface area contributed by atoms with Crippen molar-refractivity contribution in [2.45, 2.75) is 0 Å². The largest absolute Gasteiger partial charge is 0.337 e. The number of piperazine rings is 1. The average molecular weight is 548 g/mol. The number of nitrogens with one attached hydrogen (secondary N) is 3. The molecular weight excluding hydrogens is 521 g/mol. The van der Waals surface area contributed by atoms with Gasteiger partial charge in [0.2, 0.25) is 0 Å². The molecule has 2 aromatic carbocycles. The number of aromatic amines is 2. The van der Waals surface area contributed by atoms with Crippen molar-refractivity contribution in [3.8, 4) is 33.8 Å². The van der Waals surface area contributed by atoms with Crippen molar-refractivity contribution in [2.75, 3.05) is 38.5 Å². The lowest BCUT2D eigenvalue weighted by Crippen LogP contribution is -2.48. The number of nitrogens with zero attached hydrogens (tertiary/aromatic N) is 6. The summed E-state index contributed by atoms with van der Waals surface area (Å²) in [6, 6.07) is 16.0. The topological polar surface area (TPSA) is 119 Å². The summed E-state index contributed by atoms with van der Waals surface area (Å²) >= 11 is 0. The van der Waals surface area contributed by atoms with E-state index in [2.05, 4.69) is 42.4 Å². The molecule has 0 saturated carbocycles. The number of aromatic nitrogens is 6. The Kier molecular flexibility index (Phi) is 6.12. The molecule has 0 bridgehead atoms. The Bertz CT molecular complexity index is 1910. The van der Waals surface area contributed by atoms with Crippen LogP contribution in [0.3, 0.4) is 0 Å². The Labute approximate surface area is 234 Å². The molecule has 0 unspecified atom stereocenters. The molecule has 0 spiro atoms. The van der Waals surface area contributed by atoms with E-state index in [4.69, 9.17) is 4.98 Å². The number of likely N-dealkylation sites (N-methyl/N-ethyl adjacent to an activating group) is 1. The minimum Gasteiger partial charge on any atom is -0.337 e. The Morgan fingerprint density at radius 1 is 0.951 bits per heavy atom. The summed E-state index contributed by atoms with van der Waals surface area (Å²) in [6.45, 7) is 3.06. The predicted molar refractivity (Wildman–Crippen MR) is 156 cm³/mol. The molecule has 4 aromatic heterocycles. The summed E-state index contributed by atoms with van der Waals surface area (Å²) in [6.07, 6.45) is 5.10. The molecule has 1 saturated heterocycles. The van der Waals surface area contributed by atoms with E-state index in [0.29, 0.717) is 52.6 Å². The number of fused-ring (bicyclic) bond motifs is 2.